The first-order valence-corrected chi connectivity index (χ1v) is 5.25. The predicted octanol–water partition coefficient (Wildman–Crippen LogP) is 0.813. The molecule has 1 amide bonds. The Morgan fingerprint density at radius 1 is 1.38 bits per heavy atom. The van der Waals surface area contributed by atoms with E-state index in [1.807, 2.05) is 31.3 Å². The third-order valence-electron chi connectivity index (χ3n) is 2.91. The average Bonchev–Trinajstić information content (AvgIpc) is 2.33. The molecular weight excluding hydrogens is 204 g/mol. The van der Waals surface area contributed by atoms with Crippen LogP contribution in [0.3, 0.4) is 0 Å². The molecule has 0 aromatic heterocycles. The van der Waals surface area contributed by atoms with Crippen LogP contribution < -0.4 is 10.1 Å². The van der Waals surface area contributed by atoms with E-state index in [1.54, 1.807) is 12.0 Å². The normalized spacial score (nSPS) is 21.0. The number of nitrogens with zero attached hydrogens (tertiary/aromatic N) is 2. The number of rotatable bonds is 2. The van der Waals surface area contributed by atoms with Gasteiger partial charge in [0.05, 0.1) is 19.7 Å². The summed E-state index contributed by atoms with van der Waals surface area (Å²) in [6.07, 6.45) is 0. The van der Waals surface area contributed by atoms with Crippen molar-refractivity contribution < 1.29 is 9.53 Å². The number of carbonyl (C=O) groups excluding carboxylic acids is 1. The first kappa shape index (κ1) is 11.0. The van der Waals surface area contributed by atoms with E-state index < -0.39 is 0 Å². The molecule has 1 heterocycles. The second-order valence-electron chi connectivity index (χ2n) is 3.86. The maximum Gasteiger partial charge on any atom is 0.238 e. The molecule has 1 aromatic rings. The highest BCUT2D eigenvalue weighted by Gasteiger charge is 2.26. The van der Waals surface area contributed by atoms with Gasteiger partial charge in [-0.25, -0.2) is 5.32 Å². The molecule has 1 fully saturated rings. The molecule has 0 N–H and O–H groups in total. The van der Waals surface area contributed by atoms with Gasteiger partial charge < -0.3 is 9.64 Å². The molecule has 1 aromatic carbocycles. The number of piperazine rings is 1. The number of amides is 1. The molecule has 4 heteroatoms. The predicted molar refractivity (Wildman–Crippen MR) is 60.4 cm³/mol. The minimum atomic E-state index is 0.0622. The quantitative estimate of drug-likeness (QED) is 0.739. The van der Waals surface area contributed by atoms with Crippen LogP contribution >= 0.6 is 0 Å². The van der Waals surface area contributed by atoms with Crippen LogP contribution in [-0.2, 0) is 4.79 Å². The molecule has 4 nitrogen and oxygen atoms in total. The molecule has 0 aliphatic carbocycles. The van der Waals surface area contributed by atoms with Gasteiger partial charge in [-0.3, -0.25) is 4.79 Å². The molecule has 0 bridgehead atoms. The summed E-state index contributed by atoms with van der Waals surface area (Å²) in [6, 6.07) is 7.83. The third-order valence-corrected chi connectivity index (χ3v) is 2.91. The Morgan fingerprint density at radius 2 is 2.06 bits per heavy atom. The summed E-state index contributed by atoms with van der Waals surface area (Å²) >= 11 is 0. The van der Waals surface area contributed by atoms with Gasteiger partial charge in [-0.05, 0) is 17.7 Å². The highest BCUT2D eigenvalue weighted by Crippen LogP contribution is 2.23. The summed E-state index contributed by atoms with van der Waals surface area (Å²) in [5, 5.41) is 4.19. The van der Waals surface area contributed by atoms with E-state index in [4.69, 9.17) is 4.74 Å². The lowest BCUT2D eigenvalue weighted by molar-refractivity contribution is -0.133. The van der Waals surface area contributed by atoms with Gasteiger partial charge in [0.15, 0.2) is 0 Å². The second-order valence-corrected chi connectivity index (χ2v) is 3.86. The van der Waals surface area contributed by atoms with E-state index in [9.17, 15) is 4.79 Å². The van der Waals surface area contributed by atoms with Gasteiger partial charge >= 0.3 is 0 Å². The highest BCUT2D eigenvalue weighted by molar-refractivity contribution is 5.79. The Labute approximate surface area is 95.2 Å². The summed E-state index contributed by atoms with van der Waals surface area (Å²) in [5.74, 6) is 0.901. The molecule has 85 valence electrons. The van der Waals surface area contributed by atoms with Crippen LogP contribution in [0.15, 0.2) is 24.3 Å². The molecule has 0 saturated carbocycles. The molecular formula is C12H15N2O2. The van der Waals surface area contributed by atoms with Gasteiger partial charge in [-0.15, -0.1) is 0 Å². The fourth-order valence-electron chi connectivity index (χ4n) is 1.85. The van der Waals surface area contributed by atoms with Gasteiger partial charge in [-0.1, -0.05) is 12.1 Å². The molecule has 1 aliphatic rings. The van der Waals surface area contributed by atoms with E-state index in [1.165, 1.54) is 0 Å². The lowest BCUT2D eigenvalue weighted by Crippen LogP contribution is -2.45. The Kier molecular flexibility index (Phi) is 3.10. The maximum absolute atomic E-state index is 11.5. The Balaban J connectivity index is 2.19. The molecule has 1 atom stereocenters. The number of likely N-dealkylation sites (N-methyl/N-ethyl adjacent to an activating group) is 1. The Bertz CT molecular complexity index is 375. The first-order valence-electron chi connectivity index (χ1n) is 5.25. The topological polar surface area (TPSA) is 43.6 Å². The van der Waals surface area contributed by atoms with Crippen LogP contribution in [-0.4, -0.2) is 38.1 Å². The van der Waals surface area contributed by atoms with Crippen molar-refractivity contribution in [2.45, 2.75) is 6.04 Å². The number of hydrogen-bond donors (Lipinski definition) is 0. The van der Waals surface area contributed by atoms with Gasteiger partial charge in [-0.2, -0.15) is 0 Å². The standard InChI is InChI=1S/C12H15N2O2/c1-14-11(7-13-8-12(14)15)9-3-5-10(16-2)6-4-9/h3-6,11H,7-8H2,1-2H3. The zero-order chi connectivity index (χ0) is 11.5. The molecule has 1 unspecified atom stereocenters. The summed E-state index contributed by atoms with van der Waals surface area (Å²) in [7, 11) is 3.46. The zero-order valence-corrected chi connectivity index (χ0v) is 9.51. The van der Waals surface area contributed by atoms with Gasteiger partial charge in [0.2, 0.25) is 5.91 Å². The van der Waals surface area contributed by atoms with Crippen LogP contribution in [0.25, 0.3) is 0 Å². The van der Waals surface area contributed by atoms with Crippen LogP contribution in [0, 0.1) is 0 Å². The van der Waals surface area contributed by atoms with Gasteiger partial charge in [0, 0.05) is 13.6 Å². The number of benzene rings is 1. The number of ether oxygens (including phenoxy) is 1. The van der Waals surface area contributed by atoms with E-state index in [2.05, 4.69) is 5.32 Å². The molecule has 1 radical (unpaired) electrons. The van der Waals surface area contributed by atoms with E-state index in [0.717, 1.165) is 11.3 Å². The van der Waals surface area contributed by atoms with E-state index in [-0.39, 0.29) is 11.9 Å². The van der Waals surface area contributed by atoms with Crippen LogP contribution in [0.4, 0.5) is 0 Å². The highest BCUT2D eigenvalue weighted by atomic mass is 16.5. The molecule has 16 heavy (non-hydrogen) atoms. The molecule has 2 rings (SSSR count). The van der Waals surface area contributed by atoms with Crippen molar-refractivity contribution >= 4 is 5.91 Å². The number of carbonyl (C=O) groups is 1. The number of hydrogen-bond acceptors (Lipinski definition) is 2. The zero-order valence-electron chi connectivity index (χ0n) is 9.51. The van der Waals surface area contributed by atoms with Crippen molar-refractivity contribution in [3.8, 4) is 5.75 Å². The summed E-state index contributed by atoms with van der Waals surface area (Å²) in [5.41, 5.74) is 1.10. The van der Waals surface area contributed by atoms with E-state index in [0.29, 0.717) is 13.1 Å². The van der Waals surface area contributed by atoms with Gasteiger partial charge in [0.25, 0.3) is 0 Å². The van der Waals surface area contributed by atoms with Crippen molar-refractivity contribution in [1.29, 1.82) is 0 Å². The summed E-state index contributed by atoms with van der Waals surface area (Å²) in [6.45, 7) is 0.984. The third kappa shape index (κ3) is 2.02. The van der Waals surface area contributed by atoms with Crippen LogP contribution in [0.5, 0.6) is 5.75 Å². The number of methoxy groups -OCH3 is 1. The first-order chi connectivity index (χ1) is 7.72. The van der Waals surface area contributed by atoms with Crippen LogP contribution in [0.1, 0.15) is 11.6 Å². The van der Waals surface area contributed by atoms with E-state index >= 15 is 0 Å². The van der Waals surface area contributed by atoms with Crippen molar-refractivity contribution in [3.05, 3.63) is 29.8 Å². The monoisotopic (exact) mass is 219 g/mol. The van der Waals surface area contributed by atoms with Crippen molar-refractivity contribution in [3.63, 3.8) is 0 Å². The van der Waals surface area contributed by atoms with Crippen molar-refractivity contribution in [1.82, 2.24) is 10.2 Å². The lowest BCUT2D eigenvalue weighted by atomic mass is 10.0. The molecule has 0 spiro atoms. The minimum absolute atomic E-state index is 0.0622. The lowest BCUT2D eigenvalue weighted by Gasteiger charge is -2.32. The Morgan fingerprint density at radius 3 is 2.69 bits per heavy atom. The fourth-order valence-corrected chi connectivity index (χ4v) is 1.85. The average molecular weight is 219 g/mol. The van der Waals surface area contributed by atoms with Crippen molar-refractivity contribution in [2.75, 3.05) is 27.2 Å². The minimum Gasteiger partial charge on any atom is -0.497 e. The summed E-state index contributed by atoms with van der Waals surface area (Å²) in [4.78, 5) is 13.3. The van der Waals surface area contributed by atoms with Gasteiger partial charge in [0.1, 0.15) is 5.75 Å². The summed E-state index contributed by atoms with van der Waals surface area (Å²) < 4.78 is 5.10. The van der Waals surface area contributed by atoms with Crippen LogP contribution in [0.2, 0.25) is 0 Å². The Hall–Kier alpha value is -1.55. The maximum atomic E-state index is 11.5. The molecule has 1 saturated heterocycles. The second kappa shape index (κ2) is 4.53. The largest absolute Gasteiger partial charge is 0.497 e. The van der Waals surface area contributed by atoms with Crippen molar-refractivity contribution in [2.24, 2.45) is 0 Å². The fraction of sp³-hybridized carbons (Fsp3) is 0.417. The SMILES string of the molecule is COc1ccc(C2C[N]CC(=O)N2C)cc1. The molecule has 1 aliphatic heterocycles. The smallest absolute Gasteiger partial charge is 0.238 e.